The maximum absolute atomic E-state index is 12.9. The lowest BCUT2D eigenvalue weighted by Gasteiger charge is -2.43. The van der Waals surface area contributed by atoms with Gasteiger partial charge in [0.2, 0.25) is 5.91 Å². The monoisotopic (exact) mass is 444 g/mol. The number of nitrogens with two attached hydrogens (primary N) is 1. The van der Waals surface area contributed by atoms with Crippen LogP contribution in [0.5, 0.6) is 0 Å². The quantitative estimate of drug-likeness (QED) is 0.785. The van der Waals surface area contributed by atoms with E-state index in [9.17, 15) is 4.79 Å². The molecule has 3 heterocycles. The van der Waals surface area contributed by atoms with Crippen molar-refractivity contribution in [2.45, 2.75) is 63.0 Å². The summed E-state index contributed by atoms with van der Waals surface area (Å²) < 4.78 is 8.32. The van der Waals surface area contributed by atoms with Gasteiger partial charge in [-0.15, -0.1) is 12.4 Å². The van der Waals surface area contributed by atoms with Crippen LogP contribution in [0.2, 0.25) is 0 Å². The van der Waals surface area contributed by atoms with Gasteiger partial charge in [0, 0.05) is 31.7 Å². The van der Waals surface area contributed by atoms with Crippen molar-refractivity contribution >= 4 is 18.3 Å². The molecule has 6 nitrogen and oxygen atoms in total. The summed E-state index contributed by atoms with van der Waals surface area (Å²) in [5.41, 5.74) is 9.09. The van der Waals surface area contributed by atoms with Gasteiger partial charge < -0.3 is 15.4 Å². The molecular formula is C24H33ClN4O2. The summed E-state index contributed by atoms with van der Waals surface area (Å²) in [7, 11) is 0. The van der Waals surface area contributed by atoms with E-state index in [4.69, 9.17) is 15.6 Å². The number of benzene rings is 1. The van der Waals surface area contributed by atoms with Gasteiger partial charge in [0.05, 0.1) is 18.0 Å². The molecule has 2 N–H and O–H groups in total. The Morgan fingerprint density at radius 1 is 1.13 bits per heavy atom. The number of nitrogens with zero attached hydrogens (tertiary/aromatic N) is 3. The third-order valence-corrected chi connectivity index (χ3v) is 7.27. The summed E-state index contributed by atoms with van der Waals surface area (Å²) in [4.78, 5) is 14.9. The molecule has 5 rings (SSSR count). The Labute approximate surface area is 190 Å². The Hall–Kier alpha value is -1.89. The zero-order chi connectivity index (χ0) is 20.6. The number of fused-ring (bicyclic) bond motifs is 2. The Bertz CT molecular complexity index is 884. The highest BCUT2D eigenvalue weighted by atomic mass is 35.5. The van der Waals surface area contributed by atoms with Gasteiger partial charge in [-0.05, 0) is 68.6 Å². The standard InChI is InChI=1S/C24H32N4O2.ClH/c25-20-8-6-18(7-9-20)16-22(29)27-13-11-24(12-14-27)23-19(10-15-30-24)17-28(26-23)21-4-2-1-3-5-21;/h1-5,17-18,20H,6-16,25H2;1H. The molecule has 0 radical (unpaired) electrons. The van der Waals surface area contributed by atoms with Crippen molar-refractivity contribution in [1.29, 1.82) is 0 Å². The lowest BCUT2D eigenvalue weighted by Crippen LogP contribution is -2.48. The molecule has 1 saturated carbocycles. The molecule has 1 aliphatic carbocycles. The van der Waals surface area contributed by atoms with E-state index in [1.54, 1.807) is 0 Å². The summed E-state index contributed by atoms with van der Waals surface area (Å²) in [5.74, 6) is 0.809. The van der Waals surface area contributed by atoms with E-state index in [1.807, 2.05) is 27.8 Å². The van der Waals surface area contributed by atoms with Crippen LogP contribution in [-0.2, 0) is 21.6 Å². The summed E-state index contributed by atoms with van der Waals surface area (Å²) >= 11 is 0. The average molecular weight is 445 g/mol. The molecule has 1 aromatic carbocycles. The number of piperidine rings is 1. The normalized spacial score (nSPS) is 25.0. The molecule has 0 bridgehead atoms. The van der Waals surface area contributed by atoms with Crippen LogP contribution in [-0.4, -0.2) is 46.3 Å². The number of carbonyl (C=O) groups is 1. The van der Waals surface area contributed by atoms with Gasteiger partial charge in [0.1, 0.15) is 5.60 Å². The highest BCUT2D eigenvalue weighted by Crippen LogP contribution is 2.41. The Morgan fingerprint density at radius 3 is 2.55 bits per heavy atom. The highest BCUT2D eigenvalue weighted by Gasteiger charge is 2.44. The van der Waals surface area contributed by atoms with Gasteiger partial charge in [0.15, 0.2) is 0 Å². The van der Waals surface area contributed by atoms with Gasteiger partial charge in [-0.3, -0.25) is 4.79 Å². The predicted molar refractivity (Wildman–Crippen MR) is 123 cm³/mol. The number of amides is 1. The summed E-state index contributed by atoms with van der Waals surface area (Å²) in [6.45, 7) is 2.23. The molecule has 7 heteroatoms. The van der Waals surface area contributed by atoms with Crippen LogP contribution in [0.15, 0.2) is 36.5 Å². The Kier molecular flexibility index (Phi) is 6.70. The molecule has 168 valence electrons. The minimum Gasteiger partial charge on any atom is -0.368 e. The lowest BCUT2D eigenvalue weighted by molar-refractivity contribution is -0.142. The van der Waals surface area contributed by atoms with E-state index in [0.717, 1.165) is 76.0 Å². The molecule has 1 aromatic heterocycles. The third-order valence-electron chi connectivity index (χ3n) is 7.27. The van der Waals surface area contributed by atoms with E-state index in [1.165, 1.54) is 5.56 Å². The average Bonchev–Trinajstić information content (AvgIpc) is 3.23. The van der Waals surface area contributed by atoms with E-state index >= 15 is 0 Å². The molecule has 2 aliphatic heterocycles. The largest absolute Gasteiger partial charge is 0.368 e. The highest BCUT2D eigenvalue weighted by molar-refractivity contribution is 5.85. The minimum absolute atomic E-state index is 0. The molecule has 1 saturated heterocycles. The number of carbonyl (C=O) groups excluding carboxylic acids is 1. The fourth-order valence-electron chi connectivity index (χ4n) is 5.38. The number of likely N-dealkylation sites (tertiary alicyclic amines) is 1. The number of hydrogen-bond acceptors (Lipinski definition) is 4. The number of halogens is 1. The Morgan fingerprint density at radius 2 is 1.84 bits per heavy atom. The number of rotatable bonds is 3. The first-order valence-electron chi connectivity index (χ1n) is 11.4. The van der Waals surface area contributed by atoms with Crippen LogP contribution in [0.3, 0.4) is 0 Å². The summed E-state index contributed by atoms with van der Waals surface area (Å²) in [5, 5.41) is 4.94. The second-order valence-electron chi connectivity index (χ2n) is 9.24. The van der Waals surface area contributed by atoms with Crippen molar-refractivity contribution in [3.8, 4) is 5.69 Å². The maximum atomic E-state index is 12.9. The Balaban J connectivity index is 0.00000231. The molecule has 1 spiro atoms. The zero-order valence-corrected chi connectivity index (χ0v) is 18.9. The van der Waals surface area contributed by atoms with Gasteiger partial charge in [-0.1, -0.05) is 18.2 Å². The fourth-order valence-corrected chi connectivity index (χ4v) is 5.38. The molecule has 1 amide bonds. The SMILES string of the molecule is Cl.NC1CCC(CC(=O)N2CCC3(CC2)OCCc2cn(-c4ccccc4)nc23)CC1. The van der Waals surface area contributed by atoms with Crippen LogP contribution < -0.4 is 5.73 Å². The van der Waals surface area contributed by atoms with E-state index in [2.05, 4.69) is 18.3 Å². The lowest BCUT2D eigenvalue weighted by atomic mass is 9.82. The van der Waals surface area contributed by atoms with Crippen LogP contribution in [0.25, 0.3) is 5.69 Å². The summed E-state index contributed by atoms with van der Waals surface area (Å²) in [6, 6.07) is 10.6. The molecule has 0 atom stereocenters. The molecule has 2 aromatic rings. The van der Waals surface area contributed by atoms with Crippen molar-refractivity contribution in [1.82, 2.24) is 14.7 Å². The number of hydrogen-bond donors (Lipinski definition) is 1. The van der Waals surface area contributed by atoms with Crippen molar-refractivity contribution in [3.63, 3.8) is 0 Å². The molecule has 0 unspecified atom stereocenters. The number of ether oxygens (including phenoxy) is 1. The number of aromatic nitrogens is 2. The number of para-hydroxylation sites is 1. The van der Waals surface area contributed by atoms with E-state index < -0.39 is 0 Å². The van der Waals surface area contributed by atoms with Crippen molar-refractivity contribution in [2.24, 2.45) is 11.7 Å². The van der Waals surface area contributed by atoms with Crippen molar-refractivity contribution < 1.29 is 9.53 Å². The van der Waals surface area contributed by atoms with Gasteiger partial charge in [-0.25, -0.2) is 4.68 Å². The third kappa shape index (κ3) is 4.52. The van der Waals surface area contributed by atoms with Crippen LogP contribution in [0.1, 0.15) is 56.2 Å². The fraction of sp³-hybridized carbons (Fsp3) is 0.583. The van der Waals surface area contributed by atoms with Crippen LogP contribution in [0, 0.1) is 5.92 Å². The van der Waals surface area contributed by atoms with E-state index in [-0.39, 0.29) is 18.0 Å². The first-order valence-corrected chi connectivity index (χ1v) is 11.4. The summed E-state index contributed by atoms with van der Waals surface area (Å²) in [6.07, 6.45) is 9.68. The van der Waals surface area contributed by atoms with Crippen LogP contribution in [0.4, 0.5) is 0 Å². The topological polar surface area (TPSA) is 73.4 Å². The second kappa shape index (κ2) is 9.31. The minimum atomic E-state index is -0.345. The van der Waals surface area contributed by atoms with Crippen LogP contribution >= 0.6 is 12.4 Å². The molecule has 31 heavy (non-hydrogen) atoms. The first-order chi connectivity index (χ1) is 14.6. The van der Waals surface area contributed by atoms with E-state index in [0.29, 0.717) is 24.3 Å². The first kappa shape index (κ1) is 22.3. The second-order valence-corrected chi connectivity index (χ2v) is 9.24. The molecular weight excluding hydrogens is 412 g/mol. The predicted octanol–water partition coefficient (Wildman–Crippen LogP) is 3.59. The van der Waals surface area contributed by atoms with Crippen molar-refractivity contribution in [2.75, 3.05) is 19.7 Å². The van der Waals surface area contributed by atoms with Gasteiger partial charge in [-0.2, -0.15) is 5.10 Å². The molecule has 3 aliphatic rings. The van der Waals surface area contributed by atoms with Gasteiger partial charge in [0.25, 0.3) is 0 Å². The maximum Gasteiger partial charge on any atom is 0.222 e. The molecule has 2 fully saturated rings. The smallest absolute Gasteiger partial charge is 0.222 e. The zero-order valence-electron chi connectivity index (χ0n) is 18.0. The van der Waals surface area contributed by atoms with Crippen molar-refractivity contribution in [3.05, 3.63) is 47.8 Å². The van der Waals surface area contributed by atoms with Gasteiger partial charge >= 0.3 is 0 Å².